The van der Waals surface area contributed by atoms with E-state index in [0.717, 1.165) is 5.56 Å². The minimum Gasteiger partial charge on any atom is -0.390 e. The molecule has 0 bridgehead atoms. The Morgan fingerprint density at radius 1 is 1.21 bits per heavy atom. The second-order valence-corrected chi connectivity index (χ2v) is 4.61. The van der Waals surface area contributed by atoms with Crippen molar-refractivity contribution < 1.29 is 5.11 Å². The van der Waals surface area contributed by atoms with Crippen LogP contribution in [0.1, 0.15) is 38.8 Å². The van der Waals surface area contributed by atoms with Gasteiger partial charge in [-0.3, -0.25) is 0 Å². The normalized spacial score (nSPS) is 9.08. The van der Waals surface area contributed by atoms with Gasteiger partial charge in [-0.1, -0.05) is 57.5 Å². The highest BCUT2D eigenvalue weighted by Gasteiger charge is 2.11. The predicted octanol–water partition coefficient (Wildman–Crippen LogP) is 4.34. The molecule has 0 aliphatic rings. The van der Waals surface area contributed by atoms with Crippen LogP contribution in [-0.2, 0) is 6.54 Å². The summed E-state index contributed by atoms with van der Waals surface area (Å²) in [6, 6.07) is 9.11. The third-order valence-corrected chi connectivity index (χ3v) is 3.25. The molecule has 0 aliphatic heterocycles. The van der Waals surface area contributed by atoms with Crippen LogP contribution in [0, 0.1) is 5.41 Å². The van der Waals surface area contributed by atoms with Gasteiger partial charge < -0.3 is 21.6 Å². The Kier molecular flexibility index (Phi) is 11.2. The van der Waals surface area contributed by atoms with Gasteiger partial charge in [0.1, 0.15) is 5.82 Å². The van der Waals surface area contributed by atoms with E-state index in [-0.39, 0.29) is 18.1 Å². The number of hydrogen-bond acceptors (Lipinski definition) is 5. The van der Waals surface area contributed by atoms with Crippen molar-refractivity contribution in [3.05, 3.63) is 52.7 Å². The van der Waals surface area contributed by atoms with Crippen molar-refractivity contribution in [2.45, 2.75) is 34.2 Å². The lowest BCUT2D eigenvalue weighted by Gasteiger charge is -2.14. The maximum atomic E-state index is 9.10. The first-order valence-electron chi connectivity index (χ1n) is 8.04. The smallest absolute Gasteiger partial charge is 0.147 e. The zero-order valence-corrected chi connectivity index (χ0v) is 15.5. The summed E-state index contributed by atoms with van der Waals surface area (Å²) in [5.74, 6) is 0.285. The number of anilines is 2. The van der Waals surface area contributed by atoms with Crippen LogP contribution >= 0.6 is 11.6 Å². The van der Waals surface area contributed by atoms with Crippen LogP contribution in [0.3, 0.4) is 0 Å². The molecule has 0 amide bonds. The van der Waals surface area contributed by atoms with Gasteiger partial charge in [0.15, 0.2) is 0 Å². The summed E-state index contributed by atoms with van der Waals surface area (Å²) >= 11 is 6.09. The van der Waals surface area contributed by atoms with E-state index in [1.165, 1.54) is 6.20 Å². The van der Waals surface area contributed by atoms with Crippen molar-refractivity contribution in [2.75, 3.05) is 17.7 Å². The third kappa shape index (κ3) is 6.18. The molecule has 0 radical (unpaired) electrons. The van der Waals surface area contributed by atoms with Gasteiger partial charge in [0.05, 0.1) is 18.0 Å². The van der Waals surface area contributed by atoms with E-state index in [2.05, 4.69) is 10.3 Å². The SMILES string of the molecule is CC.CC.N=C(CO)c1ccnc(N)c1NCc1ccccc1Cl. The fourth-order valence-corrected chi connectivity index (χ4v) is 2.03. The Balaban J connectivity index is 0.00000123. The molecule has 0 fully saturated rings. The summed E-state index contributed by atoms with van der Waals surface area (Å²) in [7, 11) is 0. The number of aromatic nitrogens is 1. The number of nitrogens with two attached hydrogens (primary N) is 1. The van der Waals surface area contributed by atoms with Gasteiger partial charge in [-0.25, -0.2) is 4.98 Å². The van der Waals surface area contributed by atoms with Crippen LogP contribution in [0.2, 0.25) is 5.02 Å². The minimum absolute atomic E-state index is 0.0840. The van der Waals surface area contributed by atoms with Gasteiger partial charge in [-0.15, -0.1) is 0 Å². The molecule has 5 nitrogen and oxygen atoms in total. The van der Waals surface area contributed by atoms with Gasteiger partial charge in [0.2, 0.25) is 0 Å². The van der Waals surface area contributed by atoms with Crippen molar-refractivity contribution in [3.8, 4) is 0 Å². The Hall–Kier alpha value is -2.11. The molecule has 1 aromatic carbocycles. The summed E-state index contributed by atoms with van der Waals surface area (Å²) in [4.78, 5) is 4.00. The van der Waals surface area contributed by atoms with Crippen molar-refractivity contribution in [3.63, 3.8) is 0 Å². The molecule has 0 unspecified atom stereocenters. The largest absolute Gasteiger partial charge is 0.390 e. The molecule has 0 spiro atoms. The van der Waals surface area contributed by atoms with Crippen molar-refractivity contribution >= 4 is 28.8 Å². The molecule has 0 saturated carbocycles. The molecular formula is C18H27ClN4O. The molecular weight excluding hydrogens is 324 g/mol. The number of nitrogens with zero attached hydrogens (tertiary/aromatic N) is 1. The summed E-state index contributed by atoms with van der Waals surface area (Å²) in [6.07, 6.45) is 1.51. The zero-order chi connectivity index (χ0) is 18.5. The van der Waals surface area contributed by atoms with Gasteiger partial charge >= 0.3 is 0 Å². The first-order chi connectivity index (χ1) is 11.6. The number of rotatable bonds is 5. The van der Waals surface area contributed by atoms with Crippen LogP contribution in [0.15, 0.2) is 36.5 Å². The monoisotopic (exact) mass is 350 g/mol. The molecule has 6 heteroatoms. The summed E-state index contributed by atoms with van der Waals surface area (Å²) in [5, 5.41) is 20.6. The Morgan fingerprint density at radius 2 is 1.83 bits per heavy atom. The lowest BCUT2D eigenvalue weighted by Crippen LogP contribution is -2.12. The molecule has 132 valence electrons. The van der Waals surface area contributed by atoms with Gasteiger partial charge in [0.25, 0.3) is 0 Å². The van der Waals surface area contributed by atoms with E-state index in [1.807, 2.05) is 52.0 Å². The number of aliphatic hydroxyl groups is 1. The fraction of sp³-hybridized carbons (Fsp3) is 0.333. The quantitative estimate of drug-likeness (QED) is 0.603. The number of halogens is 1. The summed E-state index contributed by atoms with van der Waals surface area (Å²) in [6.45, 7) is 8.10. The van der Waals surface area contributed by atoms with Crippen molar-refractivity contribution in [1.82, 2.24) is 4.98 Å². The van der Waals surface area contributed by atoms with E-state index in [0.29, 0.717) is 22.8 Å². The molecule has 5 N–H and O–H groups in total. The molecule has 1 aromatic heterocycles. The van der Waals surface area contributed by atoms with Crippen LogP contribution in [0.4, 0.5) is 11.5 Å². The summed E-state index contributed by atoms with van der Waals surface area (Å²) in [5.41, 5.74) is 7.90. The topological polar surface area (TPSA) is 95.0 Å². The standard InChI is InChI=1S/C14H15ClN4O.2C2H6/c15-11-4-2-1-3-9(11)7-19-13-10(12(16)8-20)5-6-18-14(13)17;2*1-2/h1-6,16,19-20H,7-8H2,(H2,17,18);2*1-2H3. The molecule has 2 aromatic rings. The number of hydrogen-bond donors (Lipinski definition) is 4. The molecule has 0 atom stereocenters. The second-order valence-electron chi connectivity index (χ2n) is 4.20. The van der Waals surface area contributed by atoms with Crippen LogP contribution in [0.5, 0.6) is 0 Å². The average molecular weight is 351 g/mol. The molecule has 2 rings (SSSR count). The first-order valence-corrected chi connectivity index (χ1v) is 8.41. The van der Waals surface area contributed by atoms with E-state index >= 15 is 0 Å². The Bertz CT molecular complexity index is 632. The second kappa shape index (κ2) is 12.3. The van der Waals surface area contributed by atoms with Crippen LogP contribution in [0.25, 0.3) is 0 Å². The highest BCUT2D eigenvalue weighted by atomic mass is 35.5. The lowest BCUT2D eigenvalue weighted by atomic mass is 10.1. The highest BCUT2D eigenvalue weighted by molar-refractivity contribution is 6.31. The maximum absolute atomic E-state index is 9.10. The Morgan fingerprint density at radius 3 is 2.42 bits per heavy atom. The number of benzene rings is 1. The number of nitrogens with one attached hydrogen (secondary N) is 2. The van der Waals surface area contributed by atoms with E-state index in [1.54, 1.807) is 6.07 Å². The van der Waals surface area contributed by atoms with Crippen LogP contribution < -0.4 is 11.1 Å². The molecule has 24 heavy (non-hydrogen) atoms. The van der Waals surface area contributed by atoms with Crippen molar-refractivity contribution in [2.24, 2.45) is 0 Å². The maximum Gasteiger partial charge on any atom is 0.147 e. The third-order valence-electron chi connectivity index (χ3n) is 2.88. The lowest BCUT2D eigenvalue weighted by molar-refractivity contribution is 0.357. The minimum atomic E-state index is -0.357. The van der Waals surface area contributed by atoms with Crippen LogP contribution in [-0.4, -0.2) is 22.4 Å². The molecule has 1 heterocycles. The van der Waals surface area contributed by atoms with Crippen molar-refractivity contribution in [1.29, 1.82) is 5.41 Å². The predicted molar refractivity (Wildman–Crippen MR) is 104 cm³/mol. The Labute approximate surface area is 149 Å². The summed E-state index contributed by atoms with van der Waals surface area (Å²) < 4.78 is 0. The number of pyridine rings is 1. The van der Waals surface area contributed by atoms with Gasteiger partial charge in [0, 0.05) is 23.3 Å². The zero-order valence-electron chi connectivity index (χ0n) is 14.7. The number of aliphatic hydroxyl groups excluding tert-OH is 1. The molecule has 0 aliphatic carbocycles. The van der Waals surface area contributed by atoms with Gasteiger partial charge in [-0.2, -0.15) is 0 Å². The first kappa shape index (κ1) is 21.9. The highest BCUT2D eigenvalue weighted by Crippen LogP contribution is 2.24. The van der Waals surface area contributed by atoms with E-state index < -0.39 is 0 Å². The van der Waals surface area contributed by atoms with Gasteiger partial charge in [-0.05, 0) is 17.7 Å². The van der Waals surface area contributed by atoms with E-state index in [9.17, 15) is 0 Å². The molecule has 0 saturated heterocycles. The van der Waals surface area contributed by atoms with E-state index in [4.69, 9.17) is 27.9 Å². The fourth-order valence-electron chi connectivity index (χ4n) is 1.83. The average Bonchev–Trinajstić information content (AvgIpc) is 2.64. The number of nitrogen functional groups attached to an aromatic ring is 1.